The van der Waals surface area contributed by atoms with Crippen molar-refractivity contribution in [1.82, 2.24) is 5.32 Å². The van der Waals surface area contributed by atoms with E-state index >= 15 is 0 Å². The number of anilines is 1. The summed E-state index contributed by atoms with van der Waals surface area (Å²) in [6.07, 6.45) is 2.75. The van der Waals surface area contributed by atoms with Gasteiger partial charge in [-0.1, -0.05) is 17.7 Å². The van der Waals surface area contributed by atoms with E-state index in [1.165, 1.54) is 24.9 Å². The zero-order valence-electron chi connectivity index (χ0n) is 9.09. The molecule has 0 aliphatic carbocycles. The normalized spacial score (nSPS) is 20.0. The second kappa shape index (κ2) is 5.66. The Hall–Kier alpha value is -1.02. The van der Waals surface area contributed by atoms with E-state index in [1.54, 1.807) is 0 Å². The average molecular weight is 192 g/mol. The molecule has 0 amide bonds. The molecule has 1 aliphatic heterocycles. The van der Waals surface area contributed by atoms with E-state index in [9.17, 15) is 0 Å². The highest BCUT2D eigenvalue weighted by Crippen LogP contribution is 2.02. The number of hydrogen-bond acceptors (Lipinski definition) is 2. The first-order chi connectivity index (χ1) is 6.68. The summed E-state index contributed by atoms with van der Waals surface area (Å²) in [4.78, 5) is 0. The number of nitrogen functional groups attached to an aromatic ring is 1. The lowest BCUT2D eigenvalue weighted by Crippen LogP contribution is -2.16. The van der Waals surface area contributed by atoms with Gasteiger partial charge in [-0.25, -0.2) is 0 Å². The first kappa shape index (κ1) is 11.1. The Morgan fingerprint density at radius 1 is 1.29 bits per heavy atom. The molecule has 1 aliphatic rings. The van der Waals surface area contributed by atoms with Crippen LogP contribution in [0.2, 0.25) is 0 Å². The van der Waals surface area contributed by atoms with Crippen molar-refractivity contribution in [2.24, 2.45) is 0 Å². The molecule has 2 nitrogen and oxygen atoms in total. The lowest BCUT2D eigenvalue weighted by molar-refractivity contribution is 0.664. The minimum Gasteiger partial charge on any atom is -0.399 e. The molecule has 3 N–H and O–H groups in total. The van der Waals surface area contributed by atoms with Crippen molar-refractivity contribution in [1.29, 1.82) is 0 Å². The maximum atomic E-state index is 5.43. The van der Waals surface area contributed by atoms with Gasteiger partial charge in [-0.15, -0.1) is 0 Å². The minimum atomic E-state index is 0.796. The maximum Gasteiger partial charge on any atom is 0.0314 e. The van der Waals surface area contributed by atoms with Gasteiger partial charge in [0.2, 0.25) is 0 Å². The van der Waals surface area contributed by atoms with Crippen LogP contribution in [0, 0.1) is 6.92 Å². The molecule has 1 saturated heterocycles. The standard InChI is InChI=1S/C7H9N.C5H11N/c1-6-2-4-7(8)5-3-6;1-5-3-2-4-6-5/h2-5H,8H2,1H3;5-6H,2-4H2,1H3. The van der Waals surface area contributed by atoms with Gasteiger partial charge in [0.05, 0.1) is 0 Å². The second-order valence-electron chi connectivity index (χ2n) is 3.91. The Morgan fingerprint density at radius 2 is 1.93 bits per heavy atom. The van der Waals surface area contributed by atoms with Crippen LogP contribution in [0.25, 0.3) is 0 Å². The summed E-state index contributed by atoms with van der Waals surface area (Å²) in [6, 6.07) is 8.58. The smallest absolute Gasteiger partial charge is 0.0314 e. The zero-order valence-corrected chi connectivity index (χ0v) is 9.09. The van der Waals surface area contributed by atoms with Crippen molar-refractivity contribution >= 4 is 5.69 Å². The molecule has 1 fully saturated rings. The number of aryl methyl sites for hydroxylation is 1. The summed E-state index contributed by atoms with van der Waals surface area (Å²) in [5.74, 6) is 0. The third-order valence-corrected chi connectivity index (χ3v) is 2.38. The molecule has 2 heteroatoms. The average Bonchev–Trinajstić information content (AvgIpc) is 2.63. The van der Waals surface area contributed by atoms with Crippen LogP contribution < -0.4 is 11.1 Å². The largest absolute Gasteiger partial charge is 0.399 e. The fraction of sp³-hybridized carbons (Fsp3) is 0.500. The van der Waals surface area contributed by atoms with E-state index in [4.69, 9.17) is 5.73 Å². The SMILES string of the molecule is CC1CCCN1.Cc1ccc(N)cc1. The second-order valence-corrected chi connectivity index (χ2v) is 3.91. The summed E-state index contributed by atoms with van der Waals surface area (Å²) in [6.45, 7) is 5.51. The third kappa shape index (κ3) is 4.28. The number of nitrogens with one attached hydrogen (secondary N) is 1. The third-order valence-electron chi connectivity index (χ3n) is 2.38. The number of hydrogen-bond donors (Lipinski definition) is 2. The Morgan fingerprint density at radius 3 is 2.21 bits per heavy atom. The number of benzene rings is 1. The zero-order chi connectivity index (χ0) is 10.4. The van der Waals surface area contributed by atoms with Crippen molar-refractivity contribution in [2.75, 3.05) is 12.3 Å². The Kier molecular flexibility index (Phi) is 4.47. The van der Waals surface area contributed by atoms with E-state index in [0.717, 1.165) is 11.7 Å². The van der Waals surface area contributed by atoms with E-state index in [0.29, 0.717) is 0 Å². The van der Waals surface area contributed by atoms with Gasteiger partial charge in [0.15, 0.2) is 0 Å². The highest BCUT2D eigenvalue weighted by atomic mass is 14.9. The van der Waals surface area contributed by atoms with Crippen LogP contribution in [0.3, 0.4) is 0 Å². The molecule has 1 aromatic rings. The van der Waals surface area contributed by atoms with Gasteiger partial charge in [0, 0.05) is 11.7 Å². The van der Waals surface area contributed by atoms with Gasteiger partial charge in [0.25, 0.3) is 0 Å². The van der Waals surface area contributed by atoms with Crippen molar-refractivity contribution in [3.8, 4) is 0 Å². The van der Waals surface area contributed by atoms with Crippen molar-refractivity contribution in [2.45, 2.75) is 32.7 Å². The summed E-state index contributed by atoms with van der Waals surface area (Å²) >= 11 is 0. The molecule has 1 unspecified atom stereocenters. The van der Waals surface area contributed by atoms with Crippen LogP contribution in [-0.4, -0.2) is 12.6 Å². The van der Waals surface area contributed by atoms with Crippen molar-refractivity contribution < 1.29 is 0 Å². The molecule has 0 bridgehead atoms. The molecule has 0 radical (unpaired) electrons. The Labute approximate surface area is 86.5 Å². The molecule has 1 heterocycles. The van der Waals surface area contributed by atoms with Gasteiger partial charge in [-0.2, -0.15) is 0 Å². The monoisotopic (exact) mass is 192 g/mol. The van der Waals surface area contributed by atoms with E-state index in [2.05, 4.69) is 12.2 Å². The predicted molar refractivity (Wildman–Crippen MR) is 62.3 cm³/mol. The predicted octanol–water partition coefficient (Wildman–Crippen LogP) is 2.34. The highest BCUT2D eigenvalue weighted by molar-refractivity contribution is 5.38. The molecule has 0 saturated carbocycles. The first-order valence-electron chi connectivity index (χ1n) is 5.24. The fourth-order valence-corrected chi connectivity index (χ4v) is 1.43. The number of nitrogens with two attached hydrogens (primary N) is 1. The quantitative estimate of drug-likeness (QED) is 0.619. The fourth-order valence-electron chi connectivity index (χ4n) is 1.43. The van der Waals surface area contributed by atoms with Gasteiger partial charge < -0.3 is 11.1 Å². The maximum absolute atomic E-state index is 5.43. The van der Waals surface area contributed by atoms with E-state index < -0.39 is 0 Å². The first-order valence-corrected chi connectivity index (χ1v) is 5.24. The molecule has 0 aromatic heterocycles. The van der Waals surface area contributed by atoms with Gasteiger partial charge in [-0.3, -0.25) is 0 Å². The van der Waals surface area contributed by atoms with Crippen LogP contribution in [0.15, 0.2) is 24.3 Å². The van der Waals surface area contributed by atoms with Gasteiger partial charge in [-0.05, 0) is 45.4 Å². The van der Waals surface area contributed by atoms with Crippen LogP contribution in [-0.2, 0) is 0 Å². The summed E-state index contributed by atoms with van der Waals surface area (Å²) in [5.41, 5.74) is 7.51. The number of rotatable bonds is 0. The van der Waals surface area contributed by atoms with Gasteiger partial charge >= 0.3 is 0 Å². The van der Waals surface area contributed by atoms with Crippen LogP contribution >= 0.6 is 0 Å². The van der Waals surface area contributed by atoms with E-state index in [-0.39, 0.29) is 0 Å². The summed E-state index contributed by atoms with van der Waals surface area (Å²) < 4.78 is 0. The van der Waals surface area contributed by atoms with Crippen LogP contribution in [0.5, 0.6) is 0 Å². The molecule has 0 spiro atoms. The van der Waals surface area contributed by atoms with Crippen LogP contribution in [0.1, 0.15) is 25.3 Å². The topological polar surface area (TPSA) is 38.0 Å². The molecule has 1 atom stereocenters. The molecule has 2 rings (SSSR count). The van der Waals surface area contributed by atoms with E-state index in [1.807, 2.05) is 31.2 Å². The van der Waals surface area contributed by atoms with Crippen LogP contribution in [0.4, 0.5) is 5.69 Å². The lowest BCUT2D eigenvalue weighted by Gasteiger charge is -1.95. The Bertz CT molecular complexity index is 227. The molecular weight excluding hydrogens is 172 g/mol. The summed E-state index contributed by atoms with van der Waals surface area (Å²) in [5, 5.41) is 3.32. The lowest BCUT2D eigenvalue weighted by atomic mass is 10.2. The molecule has 78 valence electrons. The molecular formula is C12H20N2. The van der Waals surface area contributed by atoms with Crippen molar-refractivity contribution in [3.63, 3.8) is 0 Å². The van der Waals surface area contributed by atoms with Gasteiger partial charge in [0.1, 0.15) is 0 Å². The summed E-state index contributed by atoms with van der Waals surface area (Å²) in [7, 11) is 0. The highest BCUT2D eigenvalue weighted by Gasteiger charge is 2.05. The Balaban J connectivity index is 0.000000146. The van der Waals surface area contributed by atoms with Crippen molar-refractivity contribution in [3.05, 3.63) is 29.8 Å². The molecule has 1 aromatic carbocycles. The molecule has 14 heavy (non-hydrogen) atoms. The minimum absolute atomic E-state index is 0.796.